The van der Waals surface area contributed by atoms with Gasteiger partial charge in [0.1, 0.15) is 0 Å². The lowest BCUT2D eigenvalue weighted by Crippen LogP contribution is -2.31. The Hall–Kier alpha value is -2.22. The molecule has 2 N–H and O–H groups in total. The molecule has 0 aliphatic carbocycles. The molecular formula is C12H14N2O3. The second kappa shape index (κ2) is 5.75. The van der Waals surface area contributed by atoms with E-state index in [1.165, 1.54) is 23.1 Å². The fraction of sp³-hybridized carbons (Fsp3) is 0.333. The van der Waals surface area contributed by atoms with Gasteiger partial charge in [-0.05, 0) is 25.1 Å². The first-order valence-electron chi connectivity index (χ1n) is 5.28. The van der Waals surface area contributed by atoms with Gasteiger partial charge in [-0.1, -0.05) is 0 Å². The second-order valence-electron chi connectivity index (χ2n) is 3.50. The van der Waals surface area contributed by atoms with Crippen molar-refractivity contribution >= 4 is 5.91 Å². The number of aromatic hydroxyl groups is 2. The van der Waals surface area contributed by atoms with Gasteiger partial charge in [-0.25, -0.2) is 0 Å². The number of nitrogens with zero attached hydrogens (tertiary/aromatic N) is 2. The Morgan fingerprint density at radius 1 is 1.41 bits per heavy atom. The van der Waals surface area contributed by atoms with Crippen LogP contribution >= 0.6 is 0 Å². The third-order valence-electron chi connectivity index (χ3n) is 2.38. The van der Waals surface area contributed by atoms with E-state index in [0.717, 1.165) is 0 Å². The molecule has 0 fully saturated rings. The first kappa shape index (κ1) is 12.8. The van der Waals surface area contributed by atoms with E-state index in [0.29, 0.717) is 18.7 Å². The number of amides is 1. The predicted octanol–water partition coefficient (Wildman–Crippen LogP) is 1.47. The number of rotatable bonds is 4. The van der Waals surface area contributed by atoms with Gasteiger partial charge in [-0.3, -0.25) is 4.79 Å². The van der Waals surface area contributed by atoms with Crippen molar-refractivity contribution in [3.63, 3.8) is 0 Å². The van der Waals surface area contributed by atoms with Crippen LogP contribution in [0.15, 0.2) is 18.2 Å². The van der Waals surface area contributed by atoms with Crippen molar-refractivity contribution in [2.75, 3.05) is 13.1 Å². The largest absolute Gasteiger partial charge is 0.504 e. The van der Waals surface area contributed by atoms with E-state index in [4.69, 9.17) is 10.4 Å². The molecule has 90 valence electrons. The molecule has 1 aromatic rings. The summed E-state index contributed by atoms with van der Waals surface area (Å²) >= 11 is 0. The molecule has 0 spiro atoms. The van der Waals surface area contributed by atoms with E-state index in [2.05, 4.69) is 0 Å². The van der Waals surface area contributed by atoms with Crippen LogP contribution in [0.1, 0.15) is 23.7 Å². The number of phenols is 2. The zero-order valence-corrected chi connectivity index (χ0v) is 9.55. The molecule has 5 nitrogen and oxygen atoms in total. The highest BCUT2D eigenvalue weighted by atomic mass is 16.3. The summed E-state index contributed by atoms with van der Waals surface area (Å²) in [7, 11) is 0. The van der Waals surface area contributed by atoms with Gasteiger partial charge in [-0.15, -0.1) is 0 Å². The van der Waals surface area contributed by atoms with Crippen LogP contribution in [-0.2, 0) is 0 Å². The van der Waals surface area contributed by atoms with Gasteiger partial charge >= 0.3 is 0 Å². The quantitative estimate of drug-likeness (QED) is 0.772. The van der Waals surface area contributed by atoms with Crippen LogP contribution in [0.2, 0.25) is 0 Å². The van der Waals surface area contributed by atoms with Crippen molar-refractivity contribution in [2.45, 2.75) is 13.3 Å². The Balaban J connectivity index is 2.86. The predicted molar refractivity (Wildman–Crippen MR) is 61.6 cm³/mol. The maximum Gasteiger partial charge on any atom is 0.254 e. The van der Waals surface area contributed by atoms with Gasteiger partial charge in [0.05, 0.1) is 12.5 Å². The van der Waals surface area contributed by atoms with Crippen LogP contribution in [-0.4, -0.2) is 34.1 Å². The number of benzene rings is 1. The summed E-state index contributed by atoms with van der Waals surface area (Å²) in [5.74, 6) is -0.855. The molecule has 0 aliphatic rings. The third kappa shape index (κ3) is 3.11. The Bertz CT molecular complexity index is 452. The molecule has 0 unspecified atom stereocenters. The molecule has 1 amide bonds. The lowest BCUT2D eigenvalue weighted by atomic mass is 10.1. The van der Waals surface area contributed by atoms with Crippen LogP contribution in [0.4, 0.5) is 0 Å². The average molecular weight is 234 g/mol. The standard InChI is InChI=1S/C12H14N2O3/c1-2-14(7-3-6-13)12(17)9-4-5-10(15)11(16)8-9/h4-5,8,15-16H,2-3,7H2,1H3. The van der Waals surface area contributed by atoms with Crippen molar-refractivity contribution in [3.05, 3.63) is 23.8 Å². The maximum absolute atomic E-state index is 12.0. The zero-order chi connectivity index (χ0) is 12.8. The lowest BCUT2D eigenvalue weighted by Gasteiger charge is -2.19. The van der Waals surface area contributed by atoms with Crippen LogP contribution in [0.25, 0.3) is 0 Å². The fourth-order valence-corrected chi connectivity index (χ4v) is 1.43. The number of hydrogen-bond acceptors (Lipinski definition) is 4. The monoisotopic (exact) mass is 234 g/mol. The van der Waals surface area contributed by atoms with Crippen LogP contribution in [0, 0.1) is 11.3 Å². The number of carbonyl (C=O) groups excluding carboxylic acids is 1. The molecule has 5 heteroatoms. The van der Waals surface area contributed by atoms with E-state index >= 15 is 0 Å². The fourth-order valence-electron chi connectivity index (χ4n) is 1.43. The molecule has 1 rings (SSSR count). The Kier molecular flexibility index (Phi) is 4.35. The van der Waals surface area contributed by atoms with Gasteiger partial charge < -0.3 is 15.1 Å². The Labute approximate surface area is 99.5 Å². The molecule has 0 aromatic heterocycles. The zero-order valence-electron chi connectivity index (χ0n) is 9.55. The smallest absolute Gasteiger partial charge is 0.254 e. The molecule has 0 atom stereocenters. The van der Waals surface area contributed by atoms with Crippen LogP contribution < -0.4 is 0 Å². The third-order valence-corrected chi connectivity index (χ3v) is 2.38. The number of hydrogen-bond donors (Lipinski definition) is 2. The van der Waals surface area contributed by atoms with Crippen LogP contribution in [0.3, 0.4) is 0 Å². The summed E-state index contributed by atoms with van der Waals surface area (Å²) in [6.07, 6.45) is 0.268. The Morgan fingerprint density at radius 3 is 2.65 bits per heavy atom. The number of nitriles is 1. The highest BCUT2D eigenvalue weighted by Gasteiger charge is 2.15. The molecular weight excluding hydrogens is 220 g/mol. The summed E-state index contributed by atoms with van der Waals surface area (Å²) in [5, 5.41) is 26.9. The van der Waals surface area contributed by atoms with E-state index in [-0.39, 0.29) is 23.8 Å². The minimum absolute atomic E-state index is 0.262. The summed E-state index contributed by atoms with van der Waals surface area (Å²) in [5.41, 5.74) is 0.292. The molecule has 0 radical (unpaired) electrons. The molecule has 1 aromatic carbocycles. The summed E-state index contributed by atoms with van der Waals surface area (Å²) < 4.78 is 0. The SMILES string of the molecule is CCN(CCC#N)C(=O)c1ccc(O)c(O)c1. The average Bonchev–Trinajstić information content (AvgIpc) is 2.33. The van der Waals surface area contributed by atoms with Crippen LogP contribution in [0.5, 0.6) is 11.5 Å². The van der Waals surface area contributed by atoms with Gasteiger partial charge in [0.25, 0.3) is 5.91 Å². The molecule has 0 heterocycles. The maximum atomic E-state index is 12.0. The topological polar surface area (TPSA) is 84.6 Å². The van der Waals surface area contributed by atoms with E-state index in [9.17, 15) is 9.90 Å². The summed E-state index contributed by atoms with van der Waals surface area (Å²) in [6.45, 7) is 2.66. The second-order valence-corrected chi connectivity index (χ2v) is 3.50. The van der Waals surface area contributed by atoms with Gasteiger partial charge in [0, 0.05) is 18.7 Å². The van der Waals surface area contributed by atoms with Crippen molar-refractivity contribution in [2.24, 2.45) is 0 Å². The molecule has 0 bridgehead atoms. The lowest BCUT2D eigenvalue weighted by molar-refractivity contribution is 0.0767. The molecule has 0 saturated carbocycles. The highest BCUT2D eigenvalue weighted by Crippen LogP contribution is 2.25. The van der Waals surface area contributed by atoms with Crippen molar-refractivity contribution < 1.29 is 15.0 Å². The van der Waals surface area contributed by atoms with Gasteiger partial charge in [-0.2, -0.15) is 5.26 Å². The summed E-state index contributed by atoms with van der Waals surface area (Å²) in [4.78, 5) is 13.5. The Morgan fingerprint density at radius 2 is 2.12 bits per heavy atom. The van der Waals surface area contributed by atoms with Gasteiger partial charge in [0.2, 0.25) is 0 Å². The van der Waals surface area contributed by atoms with Gasteiger partial charge in [0.15, 0.2) is 11.5 Å². The minimum Gasteiger partial charge on any atom is -0.504 e. The highest BCUT2D eigenvalue weighted by molar-refractivity contribution is 5.94. The molecule has 0 saturated heterocycles. The normalized spacial score (nSPS) is 9.65. The first-order chi connectivity index (χ1) is 8.10. The van der Waals surface area contributed by atoms with Crippen molar-refractivity contribution in [3.8, 4) is 17.6 Å². The molecule has 0 aliphatic heterocycles. The van der Waals surface area contributed by atoms with Crippen molar-refractivity contribution in [1.82, 2.24) is 4.90 Å². The minimum atomic E-state index is -0.327. The van der Waals surface area contributed by atoms with E-state index in [1.54, 1.807) is 0 Å². The number of phenolic OH excluding ortho intramolecular Hbond substituents is 2. The van der Waals surface area contributed by atoms with E-state index < -0.39 is 0 Å². The summed E-state index contributed by atoms with van der Waals surface area (Å²) in [6, 6.07) is 5.89. The van der Waals surface area contributed by atoms with E-state index in [1.807, 2.05) is 13.0 Å². The molecule has 17 heavy (non-hydrogen) atoms. The number of carbonyl (C=O) groups is 1. The van der Waals surface area contributed by atoms with Crippen molar-refractivity contribution in [1.29, 1.82) is 5.26 Å². The first-order valence-corrected chi connectivity index (χ1v) is 5.28.